The van der Waals surface area contributed by atoms with Crippen LogP contribution in [0.1, 0.15) is 43.5 Å². The van der Waals surface area contributed by atoms with E-state index in [4.69, 9.17) is 16.6 Å². The van der Waals surface area contributed by atoms with E-state index < -0.39 is 60.2 Å². The number of nitrogens with two attached hydrogens (primary N) is 2. The minimum Gasteiger partial charge on any atom is -0.481 e. The molecule has 2 aromatic heterocycles. The number of carbonyl (C=O) groups excluding carboxylic acids is 3. The largest absolute Gasteiger partial charge is 0.481 e. The van der Waals surface area contributed by atoms with Crippen LogP contribution in [0.2, 0.25) is 0 Å². The van der Waals surface area contributed by atoms with Crippen LogP contribution in [0.25, 0.3) is 0 Å². The van der Waals surface area contributed by atoms with Gasteiger partial charge in [-0.3, -0.25) is 19.2 Å². The van der Waals surface area contributed by atoms with Gasteiger partial charge in [-0.15, -0.1) is 0 Å². The summed E-state index contributed by atoms with van der Waals surface area (Å²) in [5.41, 5.74) is 12.6. The lowest BCUT2D eigenvalue weighted by atomic mass is 10.0. The molecule has 4 atom stereocenters. The molecule has 2 aromatic rings. The molecule has 0 aliphatic heterocycles. The van der Waals surface area contributed by atoms with E-state index in [0.717, 1.165) is 0 Å². The van der Waals surface area contributed by atoms with E-state index in [1.54, 1.807) is 0 Å². The zero-order valence-electron chi connectivity index (χ0n) is 21.3. The Hall–Kier alpha value is -4.31. The Balaban J connectivity index is 2.12. The maximum Gasteiger partial charge on any atom is 0.326 e. The number of aromatic nitrogens is 4. The third-order valence-corrected chi connectivity index (χ3v) is 5.78. The van der Waals surface area contributed by atoms with Crippen LogP contribution >= 0.6 is 0 Å². The van der Waals surface area contributed by atoms with E-state index in [0.29, 0.717) is 30.8 Å². The molecule has 11 N–H and O–H groups in total. The fourth-order valence-electron chi connectivity index (χ4n) is 3.66. The Morgan fingerprint density at radius 1 is 0.795 bits per heavy atom. The van der Waals surface area contributed by atoms with Crippen LogP contribution in [0.5, 0.6) is 0 Å². The molecule has 16 nitrogen and oxygen atoms in total. The number of nitrogens with one attached hydrogen (secondary N) is 5. The number of hydrogen-bond donors (Lipinski definition) is 9. The molecule has 0 aliphatic rings. The van der Waals surface area contributed by atoms with E-state index >= 15 is 0 Å². The van der Waals surface area contributed by atoms with E-state index in [2.05, 4.69) is 35.9 Å². The quantitative estimate of drug-likeness (QED) is 0.0898. The highest BCUT2D eigenvalue weighted by atomic mass is 16.4. The average molecular weight is 550 g/mol. The van der Waals surface area contributed by atoms with Crippen molar-refractivity contribution in [2.45, 2.75) is 69.1 Å². The Labute approximate surface area is 223 Å². The summed E-state index contributed by atoms with van der Waals surface area (Å²) in [5.74, 6) is -4.81. The fourth-order valence-corrected chi connectivity index (χ4v) is 3.66. The standard InChI is InChI=1S/C23H35N9O7/c24-6-2-1-3-16(30-20(35)15(25)7-13-9-26-11-28-13)21(36)31-17(4-5-19(33)34)22(37)32-18(23(38)39)8-14-10-27-12-29-14/h9-12,15-18H,1-8,24-25H2,(H,26,28)(H,27,29)(H,30,35)(H,31,36)(H,32,37)(H,33,34)(H,38,39). The number of unbranched alkanes of at least 4 members (excludes halogenated alkanes) is 1. The van der Waals surface area contributed by atoms with Crippen LogP contribution in [0.15, 0.2) is 25.0 Å². The first-order valence-corrected chi connectivity index (χ1v) is 12.4. The van der Waals surface area contributed by atoms with Gasteiger partial charge in [0.1, 0.15) is 18.1 Å². The molecule has 0 saturated carbocycles. The average Bonchev–Trinajstić information content (AvgIpc) is 3.59. The van der Waals surface area contributed by atoms with Crippen molar-refractivity contribution >= 4 is 29.7 Å². The van der Waals surface area contributed by atoms with E-state index in [-0.39, 0.29) is 25.7 Å². The molecule has 0 spiro atoms. The molecule has 0 aromatic carbocycles. The van der Waals surface area contributed by atoms with Crippen molar-refractivity contribution < 1.29 is 34.2 Å². The molecule has 0 bridgehead atoms. The highest BCUT2D eigenvalue weighted by Crippen LogP contribution is 2.07. The molecule has 16 heteroatoms. The number of carboxylic acids is 2. The second kappa shape index (κ2) is 15.8. The highest BCUT2D eigenvalue weighted by Gasteiger charge is 2.31. The van der Waals surface area contributed by atoms with Crippen LogP contribution in [-0.2, 0) is 36.8 Å². The zero-order chi connectivity index (χ0) is 28.8. The summed E-state index contributed by atoms with van der Waals surface area (Å²) < 4.78 is 0. The molecule has 0 radical (unpaired) electrons. The SMILES string of the molecule is NCCCCC(NC(=O)C(N)Cc1cnc[nH]1)C(=O)NC(CCC(=O)O)C(=O)NC(Cc1cnc[nH]1)C(=O)O. The first-order valence-electron chi connectivity index (χ1n) is 12.4. The van der Waals surface area contributed by atoms with Gasteiger partial charge in [-0.05, 0) is 32.2 Å². The summed E-state index contributed by atoms with van der Waals surface area (Å²) in [7, 11) is 0. The number of carboxylic acid groups (broad SMARTS) is 2. The lowest BCUT2D eigenvalue weighted by Gasteiger charge is -2.25. The Kier molecular flexibility index (Phi) is 12.5. The lowest BCUT2D eigenvalue weighted by molar-refractivity contribution is -0.143. The van der Waals surface area contributed by atoms with Gasteiger partial charge in [-0.2, -0.15) is 0 Å². The first kappa shape index (κ1) is 30.9. The van der Waals surface area contributed by atoms with Gasteiger partial charge in [-0.1, -0.05) is 0 Å². The van der Waals surface area contributed by atoms with Crippen LogP contribution in [0, 0.1) is 0 Å². The molecule has 4 unspecified atom stereocenters. The maximum absolute atomic E-state index is 13.2. The molecule has 2 rings (SSSR count). The van der Waals surface area contributed by atoms with Crippen molar-refractivity contribution in [3.8, 4) is 0 Å². The second-order valence-electron chi connectivity index (χ2n) is 8.91. The van der Waals surface area contributed by atoms with Crippen molar-refractivity contribution in [1.82, 2.24) is 35.9 Å². The summed E-state index contributed by atoms with van der Waals surface area (Å²) in [6, 6.07) is -4.86. The number of carbonyl (C=O) groups is 5. The molecule has 214 valence electrons. The summed E-state index contributed by atoms with van der Waals surface area (Å²) in [6.45, 7) is 0.359. The molecule has 39 heavy (non-hydrogen) atoms. The Bertz CT molecular complexity index is 1080. The molecule has 2 heterocycles. The third kappa shape index (κ3) is 10.9. The summed E-state index contributed by atoms with van der Waals surface area (Å²) in [4.78, 5) is 75.0. The maximum atomic E-state index is 13.2. The number of aliphatic carboxylic acids is 2. The number of imidazole rings is 2. The van der Waals surface area contributed by atoms with Crippen molar-refractivity contribution in [2.75, 3.05) is 6.54 Å². The number of aromatic amines is 2. The predicted octanol–water partition coefficient (Wildman–Crippen LogP) is -2.22. The van der Waals surface area contributed by atoms with Crippen LogP contribution < -0.4 is 27.4 Å². The monoisotopic (exact) mass is 549 g/mol. The number of hydrogen-bond acceptors (Lipinski definition) is 9. The topological polar surface area (TPSA) is 271 Å². The van der Waals surface area contributed by atoms with E-state index in [9.17, 15) is 29.1 Å². The van der Waals surface area contributed by atoms with Gasteiger partial charge in [-0.25, -0.2) is 14.8 Å². The Morgan fingerprint density at radius 3 is 1.85 bits per heavy atom. The number of amides is 3. The number of H-pyrrole nitrogens is 2. The van der Waals surface area contributed by atoms with Crippen molar-refractivity contribution in [3.63, 3.8) is 0 Å². The fraction of sp³-hybridized carbons (Fsp3) is 0.522. The highest BCUT2D eigenvalue weighted by molar-refractivity contribution is 5.94. The molecule has 0 aliphatic carbocycles. The second-order valence-corrected chi connectivity index (χ2v) is 8.91. The summed E-state index contributed by atoms with van der Waals surface area (Å²) in [5, 5.41) is 26.0. The van der Waals surface area contributed by atoms with Gasteiger partial charge in [0.05, 0.1) is 18.7 Å². The van der Waals surface area contributed by atoms with Crippen LogP contribution in [-0.4, -0.2) is 90.5 Å². The minimum atomic E-state index is -1.38. The third-order valence-electron chi connectivity index (χ3n) is 5.78. The molecular formula is C23H35N9O7. The zero-order valence-corrected chi connectivity index (χ0v) is 21.3. The normalized spacial score (nSPS) is 14.0. The molecular weight excluding hydrogens is 514 g/mol. The molecule has 3 amide bonds. The van der Waals surface area contributed by atoms with Gasteiger partial charge in [0.2, 0.25) is 17.7 Å². The van der Waals surface area contributed by atoms with Crippen LogP contribution in [0.3, 0.4) is 0 Å². The number of nitrogens with zero attached hydrogens (tertiary/aromatic N) is 2. The van der Waals surface area contributed by atoms with Gasteiger partial charge in [0.15, 0.2) is 0 Å². The minimum absolute atomic E-state index is 0.118. The van der Waals surface area contributed by atoms with E-state index in [1.165, 1.54) is 25.0 Å². The predicted molar refractivity (Wildman–Crippen MR) is 136 cm³/mol. The summed E-state index contributed by atoms with van der Waals surface area (Å²) >= 11 is 0. The van der Waals surface area contributed by atoms with Crippen molar-refractivity contribution in [3.05, 3.63) is 36.4 Å². The first-order chi connectivity index (χ1) is 18.6. The van der Waals surface area contributed by atoms with E-state index in [1.807, 2.05) is 0 Å². The lowest BCUT2D eigenvalue weighted by Crippen LogP contribution is -2.57. The van der Waals surface area contributed by atoms with Gasteiger partial charge in [0, 0.05) is 43.0 Å². The van der Waals surface area contributed by atoms with Crippen molar-refractivity contribution in [2.24, 2.45) is 11.5 Å². The summed E-state index contributed by atoms with van der Waals surface area (Å²) in [6.07, 6.45) is 6.16. The smallest absolute Gasteiger partial charge is 0.326 e. The van der Waals surface area contributed by atoms with Crippen molar-refractivity contribution in [1.29, 1.82) is 0 Å². The number of rotatable bonds is 18. The van der Waals surface area contributed by atoms with Gasteiger partial charge in [0.25, 0.3) is 0 Å². The van der Waals surface area contributed by atoms with Gasteiger partial charge < -0.3 is 47.6 Å². The van der Waals surface area contributed by atoms with Crippen LogP contribution in [0.4, 0.5) is 0 Å². The Morgan fingerprint density at radius 2 is 1.33 bits per heavy atom. The molecule has 0 saturated heterocycles. The molecule has 0 fully saturated rings. The van der Waals surface area contributed by atoms with Gasteiger partial charge >= 0.3 is 11.9 Å².